The van der Waals surface area contributed by atoms with Gasteiger partial charge in [-0.1, -0.05) is 12.1 Å². The molecule has 1 aliphatic heterocycles. The van der Waals surface area contributed by atoms with Crippen LogP contribution in [0.25, 0.3) is 11.0 Å². The summed E-state index contributed by atoms with van der Waals surface area (Å²) in [5.41, 5.74) is 3.13. The van der Waals surface area contributed by atoms with Crippen LogP contribution in [0.5, 0.6) is 0 Å². The quantitative estimate of drug-likeness (QED) is 0.786. The molecule has 0 bridgehead atoms. The van der Waals surface area contributed by atoms with E-state index in [1.807, 2.05) is 12.1 Å². The van der Waals surface area contributed by atoms with Crippen LogP contribution < -0.4 is 0 Å². The number of hydrogen-bond acceptors (Lipinski definition) is 3. The SMILES string of the molecule is CN1CCc2cccc3oc(C(=O)N(C)C)c(c23)C1. The average molecular weight is 258 g/mol. The second-order valence-corrected chi connectivity index (χ2v) is 5.39. The van der Waals surface area contributed by atoms with E-state index in [1.54, 1.807) is 19.0 Å². The molecule has 3 rings (SSSR count). The smallest absolute Gasteiger partial charge is 0.289 e. The Morgan fingerprint density at radius 1 is 1.37 bits per heavy atom. The molecular weight excluding hydrogens is 240 g/mol. The zero-order chi connectivity index (χ0) is 13.6. The molecule has 0 N–H and O–H groups in total. The Morgan fingerprint density at radius 2 is 2.16 bits per heavy atom. The minimum Gasteiger partial charge on any atom is -0.451 e. The van der Waals surface area contributed by atoms with Crippen molar-refractivity contribution in [3.8, 4) is 0 Å². The zero-order valence-corrected chi connectivity index (χ0v) is 11.6. The van der Waals surface area contributed by atoms with Crippen LogP contribution in [-0.4, -0.2) is 43.4 Å². The largest absolute Gasteiger partial charge is 0.451 e. The summed E-state index contributed by atoms with van der Waals surface area (Å²) in [6.07, 6.45) is 0.996. The van der Waals surface area contributed by atoms with Crippen LogP contribution >= 0.6 is 0 Å². The normalized spacial score (nSPS) is 15.5. The highest BCUT2D eigenvalue weighted by molar-refractivity contribution is 6.00. The van der Waals surface area contributed by atoms with Gasteiger partial charge in [-0.2, -0.15) is 0 Å². The highest BCUT2D eigenvalue weighted by Gasteiger charge is 2.26. The summed E-state index contributed by atoms with van der Waals surface area (Å²) < 4.78 is 5.82. The van der Waals surface area contributed by atoms with Gasteiger partial charge in [-0.05, 0) is 25.1 Å². The van der Waals surface area contributed by atoms with Crippen molar-refractivity contribution in [3.63, 3.8) is 0 Å². The number of amides is 1. The number of rotatable bonds is 1. The first-order valence-corrected chi connectivity index (χ1v) is 6.51. The molecule has 1 aromatic carbocycles. The molecule has 0 radical (unpaired) electrons. The standard InChI is InChI=1S/C15H18N2O2/c1-16(2)15(18)14-11-9-17(3)8-7-10-5-4-6-12(19-14)13(10)11/h4-6H,7-9H2,1-3H3. The first-order valence-electron chi connectivity index (χ1n) is 6.51. The van der Waals surface area contributed by atoms with Crippen molar-refractivity contribution in [2.75, 3.05) is 27.7 Å². The molecular formula is C15H18N2O2. The molecule has 0 aliphatic carbocycles. The third kappa shape index (κ3) is 1.92. The number of carbonyl (C=O) groups excluding carboxylic acids is 1. The van der Waals surface area contributed by atoms with Crippen molar-refractivity contribution < 1.29 is 9.21 Å². The van der Waals surface area contributed by atoms with Crippen molar-refractivity contribution in [1.82, 2.24) is 9.80 Å². The van der Waals surface area contributed by atoms with Gasteiger partial charge in [0.1, 0.15) is 5.58 Å². The molecule has 0 saturated heterocycles. The number of carbonyl (C=O) groups is 1. The summed E-state index contributed by atoms with van der Waals surface area (Å²) in [7, 11) is 5.59. The summed E-state index contributed by atoms with van der Waals surface area (Å²) in [5, 5.41) is 1.14. The van der Waals surface area contributed by atoms with E-state index in [-0.39, 0.29) is 5.91 Å². The second-order valence-electron chi connectivity index (χ2n) is 5.39. The summed E-state index contributed by atoms with van der Waals surface area (Å²) in [4.78, 5) is 16.1. The van der Waals surface area contributed by atoms with E-state index in [0.717, 1.165) is 36.0 Å². The van der Waals surface area contributed by atoms with Gasteiger partial charge in [0.05, 0.1) is 0 Å². The predicted molar refractivity (Wildman–Crippen MR) is 74.3 cm³/mol. The van der Waals surface area contributed by atoms with Crippen LogP contribution in [0, 0.1) is 0 Å². The molecule has 2 heterocycles. The van der Waals surface area contributed by atoms with Crippen molar-refractivity contribution in [2.24, 2.45) is 0 Å². The summed E-state index contributed by atoms with van der Waals surface area (Å²) in [6.45, 7) is 1.77. The molecule has 1 amide bonds. The Balaban J connectivity index is 2.27. The maximum Gasteiger partial charge on any atom is 0.289 e. The van der Waals surface area contributed by atoms with Gasteiger partial charge in [0.2, 0.25) is 0 Å². The zero-order valence-electron chi connectivity index (χ0n) is 11.6. The number of benzene rings is 1. The number of furan rings is 1. The van der Waals surface area contributed by atoms with Gasteiger partial charge in [0.15, 0.2) is 5.76 Å². The van der Waals surface area contributed by atoms with Crippen molar-refractivity contribution >= 4 is 16.9 Å². The minimum atomic E-state index is -0.0625. The molecule has 2 aromatic rings. The highest BCUT2D eigenvalue weighted by Crippen LogP contribution is 2.32. The molecule has 19 heavy (non-hydrogen) atoms. The lowest BCUT2D eigenvalue weighted by Gasteiger charge is -2.14. The van der Waals surface area contributed by atoms with Gasteiger partial charge in [-0.15, -0.1) is 0 Å². The topological polar surface area (TPSA) is 36.7 Å². The molecule has 1 aliphatic rings. The molecule has 100 valence electrons. The minimum absolute atomic E-state index is 0.0625. The molecule has 1 aromatic heterocycles. The average Bonchev–Trinajstić information content (AvgIpc) is 2.65. The molecule has 0 fully saturated rings. The lowest BCUT2D eigenvalue weighted by molar-refractivity contribution is 0.0796. The first-order chi connectivity index (χ1) is 9.08. The highest BCUT2D eigenvalue weighted by atomic mass is 16.3. The summed E-state index contributed by atoms with van der Waals surface area (Å²) >= 11 is 0. The molecule has 0 atom stereocenters. The van der Waals surface area contributed by atoms with Crippen LogP contribution in [0.15, 0.2) is 22.6 Å². The Morgan fingerprint density at radius 3 is 2.89 bits per heavy atom. The fourth-order valence-corrected chi connectivity index (χ4v) is 2.68. The fraction of sp³-hybridized carbons (Fsp3) is 0.400. The van der Waals surface area contributed by atoms with Gasteiger partial charge in [-0.3, -0.25) is 4.79 Å². The van der Waals surface area contributed by atoms with Crippen molar-refractivity contribution in [3.05, 3.63) is 35.1 Å². The monoisotopic (exact) mass is 258 g/mol. The second kappa shape index (κ2) is 4.38. The van der Waals surface area contributed by atoms with E-state index in [2.05, 4.69) is 18.0 Å². The molecule has 0 unspecified atom stereocenters. The molecule has 4 nitrogen and oxygen atoms in total. The Labute approximate surface area is 112 Å². The Hall–Kier alpha value is -1.81. The van der Waals surface area contributed by atoms with Crippen molar-refractivity contribution in [2.45, 2.75) is 13.0 Å². The lowest BCUT2D eigenvalue weighted by Crippen LogP contribution is -2.24. The number of hydrogen-bond donors (Lipinski definition) is 0. The van der Waals surface area contributed by atoms with E-state index in [1.165, 1.54) is 5.56 Å². The van der Waals surface area contributed by atoms with Gasteiger partial charge in [-0.25, -0.2) is 0 Å². The van der Waals surface area contributed by atoms with Crippen LogP contribution in [0.2, 0.25) is 0 Å². The van der Waals surface area contributed by atoms with Gasteiger partial charge < -0.3 is 14.2 Å². The van der Waals surface area contributed by atoms with Gasteiger partial charge in [0, 0.05) is 38.1 Å². The number of likely N-dealkylation sites (N-methyl/N-ethyl adjacent to an activating group) is 1. The van der Waals surface area contributed by atoms with Crippen molar-refractivity contribution in [1.29, 1.82) is 0 Å². The van der Waals surface area contributed by atoms with E-state index in [9.17, 15) is 4.79 Å². The maximum atomic E-state index is 12.3. The molecule has 0 saturated carbocycles. The van der Waals surface area contributed by atoms with E-state index in [4.69, 9.17) is 4.42 Å². The third-order valence-corrected chi connectivity index (χ3v) is 3.69. The molecule has 4 heteroatoms. The molecule has 0 spiro atoms. The lowest BCUT2D eigenvalue weighted by atomic mass is 10.0. The van der Waals surface area contributed by atoms with Crippen LogP contribution in [0.1, 0.15) is 21.7 Å². The first kappa shape index (κ1) is 12.2. The number of nitrogens with zero attached hydrogens (tertiary/aromatic N) is 2. The van der Waals surface area contributed by atoms with Gasteiger partial charge >= 0.3 is 0 Å². The fourth-order valence-electron chi connectivity index (χ4n) is 2.68. The maximum absolute atomic E-state index is 12.3. The van der Waals surface area contributed by atoms with E-state index >= 15 is 0 Å². The summed E-state index contributed by atoms with van der Waals surface area (Å²) in [6, 6.07) is 6.07. The van der Waals surface area contributed by atoms with Gasteiger partial charge in [0.25, 0.3) is 5.91 Å². The van der Waals surface area contributed by atoms with Crippen LogP contribution in [0.4, 0.5) is 0 Å². The third-order valence-electron chi connectivity index (χ3n) is 3.69. The van der Waals surface area contributed by atoms with E-state index < -0.39 is 0 Å². The Bertz CT molecular complexity index is 643. The predicted octanol–water partition coefficient (Wildman–Crippen LogP) is 2.12. The summed E-state index contributed by atoms with van der Waals surface area (Å²) in [5.74, 6) is 0.425. The Kier molecular flexibility index (Phi) is 2.82. The van der Waals surface area contributed by atoms with Crippen LogP contribution in [0.3, 0.4) is 0 Å². The van der Waals surface area contributed by atoms with E-state index in [0.29, 0.717) is 5.76 Å². The van der Waals surface area contributed by atoms with Crippen LogP contribution in [-0.2, 0) is 13.0 Å².